The van der Waals surface area contributed by atoms with Crippen LogP contribution >= 0.6 is 0 Å². The first-order valence-corrected chi connectivity index (χ1v) is 9.06. The summed E-state index contributed by atoms with van der Waals surface area (Å²) in [5.41, 5.74) is 1.88. The van der Waals surface area contributed by atoms with Gasteiger partial charge in [0, 0.05) is 24.8 Å². The maximum Gasteiger partial charge on any atom is 0.335 e. The molecule has 3 rings (SSSR count). The molecule has 0 atom stereocenters. The van der Waals surface area contributed by atoms with Crippen LogP contribution in [0.3, 0.4) is 0 Å². The zero-order valence-corrected chi connectivity index (χ0v) is 15.0. The fourth-order valence-corrected chi connectivity index (χ4v) is 3.01. The molecular formula is C20H23N3O4. The van der Waals surface area contributed by atoms with Crippen LogP contribution in [0.2, 0.25) is 0 Å². The van der Waals surface area contributed by atoms with Crippen molar-refractivity contribution in [1.29, 1.82) is 0 Å². The molecule has 0 unspecified atom stereocenters. The number of carboxylic acids is 1. The number of nitrogens with zero attached hydrogens (tertiary/aromatic N) is 1. The van der Waals surface area contributed by atoms with E-state index in [2.05, 4.69) is 15.6 Å². The van der Waals surface area contributed by atoms with E-state index in [0.717, 1.165) is 24.0 Å². The maximum absolute atomic E-state index is 12.0. The molecule has 1 heterocycles. The van der Waals surface area contributed by atoms with Gasteiger partial charge in [-0.1, -0.05) is 18.2 Å². The van der Waals surface area contributed by atoms with Crippen molar-refractivity contribution >= 4 is 12.0 Å². The lowest BCUT2D eigenvalue weighted by Crippen LogP contribution is -2.34. The Hall–Kier alpha value is -3.09. The highest BCUT2D eigenvalue weighted by Crippen LogP contribution is 2.24. The monoisotopic (exact) mass is 369 g/mol. The highest BCUT2D eigenvalue weighted by Gasteiger charge is 2.18. The molecule has 2 amide bonds. The van der Waals surface area contributed by atoms with Gasteiger partial charge in [-0.3, -0.25) is 0 Å². The molecule has 0 bridgehead atoms. The van der Waals surface area contributed by atoms with Gasteiger partial charge in [-0.25, -0.2) is 14.6 Å². The van der Waals surface area contributed by atoms with Gasteiger partial charge in [0.2, 0.25) is 5.88 Å². The van der Waals surface area contributed by atoms with Crippen molar-refractivity contribution in [2.75, 3.05) is 0 Å². The lowest BCUT2D eigenvalue weighted by molar-refractivity contribution is 0.0697. The first kappa shape index (κ1) is 18.7. The van der Waals surface area contributed by atoms with E-state index in [0.29, 0.717) is 19.0 Å². The first-order valence-electron chi connectivity index (χ1n) is 9.06. The molecule has 7 nitrogen and oxygen atoms in total. The van der Waals surface area contributed by atoms with E-state index in [1.54, 1.807) is 18.3 Å². The minimum absolute atomic E-state index is 0.209. The summed E-state index contributed by atoms with van der Waals surface area (Å²) in [5.74, 6) is -0.395. The van der Waals surface area contributed by atoms with E-state index in [-0.39, 0.29) is 17.7 Å². The summed E-state index contributed by atoms with van der Waals surface area (Å²) < 4.78 is 5.97. The predicted octanol–water partition coefficient (Wildman–Crippen LogP) is 3.10. The molecule has 1 saturated carbocycles. The zero-order chi connectivity index (χ0) is 19.1. The number of aromatic nitrogens is 1. The smallest absolute Gasteiger partial charge is 0.335 e. The number of aromatic carboxylic acids is 1. The summed E-state index contributed by atoms with van der Waals surface area (Å²) in [7, 11) is 0. The normalized spacial score (nSPS) is 13.9. The number of carbonyl (C=O) groups excluding carboxylic acids is 1. The minimum atomic E-state index is -0.973. The number of pyridine rings is 1. The van der Waals surface area contributed by atoms with Gasteiger partial charge < -0.3 is 20.5 Å². The second-order valence-corrected chi connectivity index (χ2v) is 6.53. The predicted molar refractivity (Wildman–Crippen MR) is 99.6 cm³/mol. The SMILES string of the molecule is O=C(NCc1ccc(C(=O)O)cc1)NCc1cccnc1OC1CCCC1. The van der Waals surface area contributed by atoms with Crippen LogP contribution in [0.4, 0.5) is 4.79 Å². The van der Waals surface area contributed by atoms with Crippen molar-refractivity contribution in [3.05, 3.63) is 59.3 Å². The van der Waals surface area contributed by atoms with Crippen molar-refractivity contribution in [3.63, 3.8) is 0 Å². The van der Waals surface area contributed by atoms with E-state index in [1.807, 2.05) is 12.1 Å². The molecule has 7 heteroatoms. The van der Waals surface area contributed by atoms with Crippen molar-refractivity contribution < 1.29 is 19.4 Å². The topological polar surface area (TPSA) is 101 Å². The Morgan fingerprint density at radius 1 is 1.07 bits per heavy atom. The molecule has 1 aliphatic rings. The number of hydrogen-bond donors (Lipinski definition) is 3. The van der Waals surface area contributed by atoms with Crippen LogP contribution < -0.4 is 15.4 Å². The molecule has 0 aliphatic heterocycles. The molecule has 3 N–H and O–H groups in total. The average molecular weight is 369 g/mol. The highest BCUT2D eigenvalue weighted by molar-refractivity contribution is 5.87. The van der Waals surface area contributed by atoms with Crippen LogP contribution in [-0.2, 0) is 13.1 Å². The van der Waals surface area contributed by atoms with Gasteiger partial charge in [0.25, 0.3) is 0 Å². The summed E-state index contributed by atoms with van der Waals surface area (Å²) in [6.45, 7) is 0.629. The molecule has 142 valence electrons. The van der Waals surface area contributed by atoms with Crippen LogP contribution in [0.5, 0.6) is 5.88 Å². The van der Waals surface area contributed by atoms with Gasteiger partial charge in [0.15, 0.2) is 0 Å². The number of urea groups is 1. The number of hydrogen-bond acceptors (Lipinski definition) is 4. The third-order valence-electron chi connectivity index (χ3n) is 4.52. The summed E-state index contributed by atoms with van der Waals surface area (Å²) >= 11 is 0. The second-order valence-electron chi connectivity index (χ2n) is 6.53. The Morgan fingerprint density at radius 3 is 2.48 bits per heavy atom. The first-order chi connectivity index (χ1) is 13.1. The van der Waals surface area contributed by atoms with Crippen LogP contribution in [0.1, 0.15) is 47.2 Å². The number of ether oxygens (including phenoxy) is 1. The molecule has 1 aromatic carbocycles. The molecule has 27 heavy (non-hydrogen) atoms. The third-order valence-corrected chi connectivity index (χ3v) is 4.52. The molecule has 0 spiro atoms. The van der Waals surface area contributed by atoms with Crippen molar-refractivity contribution in [2.45, 2.75) is 44.9 Å². The summed E-state index contributed by atoms with van der Waals surface area (Å²) in [6, 6.07) is 9.78. The van der Waals surface area contributed by atoms with Crippen LogP contribution in [0.25, 0.3) is 0 Å². The minimum Gasteiger partial charge on any atom is -0.478 e. The van der Waals surface area contributed by atoms with Gasteiger partial charge in [-0.2, -0.15) is 0 Å². The van der Waals surface area contributed by atoms with E-state index in [4.69, 9.17) is 9.84 Å². The standard InChI is InChI=1S/C20H23N3O4/c24-19(25)15-9-7-14(8-10-15)12-22-20(26)23-13-16-4-3-11-21-18(16)27-17-5-1-2-6-17/h3-4,7-11,17H,1-2,5-6,12-13H2,(H,24,25)(H2,22,23,26). The fraction of sp³-hybridized carbons (Fsp3) is 0.350. The maximum atomic E-state index is 12.0. The highest BCUT2D eigenvalue weighted by atomic mass is 16.5. The number of benzene rings is 1. The van der Waals surface area contributed by atoms with E-state index >= 15 is 0 Å². The quantitative estimate of drug-likeness (QED) is 0.696. The average Bonchev–Trinajstić information content (AvgIpc) is 3.19. The van der Waals surface area contributed by atoms with Gasteiger partial charge in [-0.15, -0.1) is 0 Å². The zero-order valence-electron chi connectivity index (χ0n) is 15.0. The second kappa shape index (κ2) is 9.02. The lowest BCUT2D eigenvalue weighted by Gasteiger charge is -2.15. The number of carboxylic acid groups (broad SMARTS) is 1. The fourth-order valence-electron chi connectivity index (χ4n) is 3.01. The Balaban J connectivity index is 1.48. The number of rotatable bonds is 7. The van der Waals surface area contributed by atoms with E-state index in [9.17, 15) is 9.59 Å². The third kappa shape index (κ3) is 5.44. The van der Waals surface area contributed by atoms with Crippen LogP contribution in [-0.4, -0.2) is 28.2 Å². The summed E-state index contributed by atoms with van der Waals surface area (Å²) in [5, 5.41) is 14.4. The van der Waals surface area contributed by atoms with Gasteiger partial charge in [0.1, 0.15) is 6.10 Å². The number of carbonyl (C=O) groups is 2. The van der Waals surface area contributed by atoms with Crippen molar-refractivity contribution in [2.24, 2.45) is 0 Å². The van der Waals surface area contributed by atoms with Gasteiger partial charge in [0.05, 0.1) is 5.56 Å². The van der Waals surface area contributed by atoms with Crippen LogP contribution in [0, 0.1) is 0 Å². The number of nitrogens with one attached hydrogen (secondary N) is 2. The molecule has 0 radical (unpaired) electrons. The molecular weight excluding hydrogens is 346 g/mol. The van der Waals surface area contributed by atoms with Crippen LogP contribution in [0.15, 0.2) is 42.6 Å². The van der Waals surface area contributed by atoms with Crippen molar-refractivity contribution in [1.82, 2.24) is 15.6 Å². The molecule has 1 fully saturated rings. The molecule has 2 aromatic rings. The summed E-state index contributed by atoms with van der Waals surface area (Å²) in [6.07, 6.45) is 6.35. The Labute approximate surface area is 157 Å². The van der Waals surface area contributed by atoms with Crippen molar-refractivity contribution in [3.8, 4) is 5.88 Å². The molecule has 1 aromatic heterocycles. The van der Waals surface area contributed by atoms with E-state index < -0.39 is 5.97 Å². The van der Waals surface area contributed by atoms with Gasteiger partial charge >= 0.3 is 12.0 Å². The largest absolute Gasteiger partial charge is 0.478 e. The van der Waals surface area contributed by atoms with E-state index in [1.165, 1.54) is 25.0 Å². The Bertz CT molecular complexity index is 786. The molecule has 0 saturated heterocycles. The lowest BCUT2D eigenvalue weighted by atomic mass is 10.1. The Kier molecular flexibility index (Phi) is 6.25. The van der Waals surface area contributed by atoms with Gasteiger partial charge in [-0.05, 0) is 49.4 Å². The summed E-state index contributed by atoms with van der Waals surface area (Å²) in [4.78, 5) is 27.2. The Morgan fingerprint density at radius 2 is 1.78 bits per heavy atom. The number of amides is 2. The molecule has 1 aliphatic carbocycles.